The van der Waals surface area contributed by atoms with Crippen molar-refractivity contribution >= 4 is 11.6 Å². The van der Waals surface area contributed by atoms with Gasteiger partial charge in [0.25, 0.3) is 11.6 Å². The van der Waals surface area contributed by atoms with E-state index in [1.807, 2.05) is 32.0 Å². The van der Waals surface area contributed by atoms with Crippen LogP contribution in [0.25, 0.3) is 5.69 Å². The average Bonchev–Trinajstić information content (AvgIpc) is 3.26. The fourth-order valence-electron chi connectivity index (χ4n) is 3.00. The molecular formula is C22H24N4O5. The summed E-state index contributed by atoms with van der Waals surface area (Å²) in [4.78, 5) is 22.9. The Morgan fingerprint density at radius 1 is 1.10 bits per heavy atom. The van der Waals surface area contributed by atoms with Gasteiger partial charge in [0.2, 0.25) is 0 Å². The zero-order valence-corrected chi connectivity index (χ0v) is 17.4. The third kappa shape index (κ3) is 5.59. The highest BCUT2D eigenvalue weighted by molar-refractivity contribution is 5.92. The summed E-state index contributed by atoms with van der Waals surface area (Å²) < 4.78 is 12.6. The lowest BCUT2D eigenvalue weighted by molar-refractivity contribution is -0.384. The maximum absolute atomic E-state index is 12.4. The van der Waals surface area contributed by atoms with E-state index in [1.165, 1.54) is 16.8 Å². The van der Waals surface area contributed by atoms with Crippen LogP contribution in [0.3, 0.4) is 0 Å². The molecule has 0 unspecified atom stereocenters. The molecule has 0 atom stereocenters. The van der Waals surface area contributed by atoms with Gasteiger partial charge >= 0.3 is 0 Å². The summed E-state index contributed by atoms with van der Waals surface area (Å²) >= 11 is 0. The Morgan fingerprint density at radius 2 is 1.87 bits per heavy atom. The first-order chi connectivity index (χ1) is 15.0. The van der Waals surface area contributed by atoms with Crippen molar-refractivity contribution in [2.24, 2.45) is 0 Å². The molecule has 1 amide bonds. The summed E-state index contributed by atoms with van der Waals surface area (Å²) in [5.74, 6) is 1.06. The van der Waals surface area contributed by atoms with Crippen molar-refractivity contribution in [3.8, 4) is 17.2 Å². The van der Waals surface area contributed by atoms with Crippen molar-refractivity contribution in [1.82, 2.24) is 15.1 Å². The van der Waals surface area contributed by atoms with Crippen LogP contribution in [0.1, 0.15) is 29.9 Å². The molecule has 0 saturated heterocycles. The molecule has 9 nitrogen and oxygen atoms in total. The second-order valence-corrected chi connectivity index (χ2v) is 6.58. The molecule has 162 valence electrons. The molecule has 0 spiro atoms. The number of amides is 1. The lowest BCUT2D eigenvalue weighted by Gasteiger charge is -2.12. The van der Waals surface area contributed by atoms with Crippen LogP contribution in [0.2, 0.25) is 0 Å². The molecule has 3 aromatic rings. The van der Waals surface area contributed by atoms with Crippen LogP contribution in [0, 0.1) is 10.1 Å². The first-order valence-corrected chi connectivity index (χ1v) is 9.99. The summed E-state index contributed by atoms with van der Waals surface area (Å²) in [6.07, 6.45) is 2.21. The second kappa shape index (κ2) is 10.2. The van der Waals surface area contributed by atoms with E-state index < -0.39 is 4.92 Å². The Bertz CT molecular complexity index is 1060. The minimum atomic E-state index is -0.474. The summed E-state index contributed by atoms with van der Waals surface area (Å²) in [5.41, 5.74) is 1.70. The van der Waals surface area contributed by atoms with Crippen molar-refractivity contribution in [3.05, 3.63) is 76.1 Å². The van der Waals surface area contributed by atoms with E-state index in [0.717, 1.165) is 5.56 Å². The minimum absolute atomic E-state index is 0.0409. The van der Waals surface area contributed by atoms with E-state index in [9.17, 15) is 14.9 Å². The highest BCUT2D eigenvalue weighted by atomic mass is 16.6. The molecule has 0 aliphatic carbocycles. The molecule has 0 saturated carbocycles. The quantitative estimate of drug-likeness (QED) is 0.394. The topological polar surface area (TPSA) is 109 Å². The number of rotatable bonds is 10. The molecule has 0 radical (unpaired) electrons. The Labute approximate surface area is 179 Å². The fraction of sp³-hybridized carbons (Fsp3) is 0.273. The molecule has 0 aliphatic rings. The van der Waals surface area contributed by atoms with Crippen molar-refractivity contribution in [2.45, 2.75) is 20.3 Å². The smallest absolute Gasteiger partial charge is 0.271 e. The van der Waals surface area contributed by atoms with Gasteiger partial charge in [0.05, 0.1) is 23.8 Å². The van der Waals surface area contributed by atoms with E-state index in [4.69, 9.17) is 9.47 Å². The molecule has 2 aromatic carbocycles. The van der Waals surface area contributed by atoms with Gasteiger partial charge in [0, 0.05) is 24.9 Å². The van der Waals surface area contributed by atoms with Crippen LogP contribution in [0.4, 0.5) is 5.69 Å². The Morgan fingerprint density at radius 3 is 2.61 bits per heavy atom. The van der Waals surface area contributed by atoms with Gasteiger partial charge in [-0.05, 0) is 50.1 Å². The number of benzene rings is 2. The maximum Gasteiger partial charge on any atom is 0.271 e. The summed E-state index contributed by atoms with van der Waals surface area (Å²) in [5, 5.41) is 18.0. The van der Waals surface area contributed by atoms with Gasteiger partial charge in [0.15, 0.2) is 17.2 Å². The van der Waals surface area contributed by atoms with Crippen molar-refractivity contribution in [1.29, 1.82) is 0 Å². The third-order valence-electron chi connectivity index (χ3n) is 4.43. The van der Waals surface area contributed by atoms with Crippen LogP contribution >= 0.6 is 0 Å². The van der Waals surface area contributed by atoms with Gasteiger partial charge < -0.3 is 14.8 Å². The summed E-state index contributed by atoms with van der Waals surface area (Å²) in [6.45, 7) is 5.34. The van der Waals surface area contributed by atoms with E-state index in [1.54, 1.807) is 24.4 Å². The zero-order valence-electron chi connectivity index (χ0n) is 17.4. The lowest BCUT2D eigenvalue weighted by Crippen LogP contribution is -2.26. The highest BCUT2D eigenvalue weighted by Gasteiger charge is 2.12. The summed E-state index contributed by atoms with van der Waals surface area (Å²) in [7, 11) is 0. The van der Waals surface area contributed by atoms with E-state index >= 15 is 0 Å². The fourth-order valence-corrected chi connectivity index (χ4v) is 3.00. The van der Waals surface area contributed by atoms with Gasteiger partial charge in [0.1, 0.15) is 0 Å². The Kier molecular flexibility index (Phi) is 7.21. The summed E-state index contributed by atoms with van der Waals surface area (Å²) in [6, 6.07) is 13.3. The highest BCUT2D eigenvalue weighted by Crippen LogP contribution is 2.28. The molecule has 9 heteroatoms. The standard InChI is InChI=1S/C22H24N4O5/c1-3-30-20-9-8-16(14-21(20)31-4-2)10-12-23-22(27)19-11-13-25(24-19)17-6-5-7-18(15-17)26(28)29/h5-9,11,13-15H,3-4,10,12H2,1-2H3,(H,23,27). The molecular weight excluding hydrogens is 400 g/mol. The molecule has 0 fully saturated rings. The average molecular weight is 424 g/mol. The number of ether oxygens (including phenoxy) is 2. The zero-order chi connectivity index (χ0) is 22.2. The van der Waals surface area contributed by atoms with Crippen molar-refractivity contribution in [3.63, 3.8) is 0 Å². The largest absolute Gasteiger partial charge is 0.490 e. The minimum Gasteiger partial charge on any atom is -0.490 e. The predicted molar refractivity (Wildman–Crippen MR) is 115 cm³/mol. The Balaban J connectivity index is 1.60. The molecule has 31 heavy (non-hydrogen) atoms. The Hall–Kier alpha value is -3.88. The van der Waals surface area contributed by atoms with Gasteiger partial charge in [-0.25, -0.2) is 4.68 Å². The van der Waals surface area contributed by atoms with Crippen LogP contribution < -0.4 is 14.8 Å². The first-order valence-electron chi connectivity index (χ1n) is 9.99. The molecule has 0 aliphatic heterocycles. The number of hydrogen-bond acceptors (Lipinski definition) is 6. The third-order valence-corrected chi connectivity index (χ3v) is 4.43. The van der Waals surface area contributed by atoms with Crippen molar-refractivity contribution < 1.29 is 19.2 Å². The van der Waals surface area contributed by atoms with E-state index in [2.05, 4.69) is 10.4 Å². The monoisotopic (exact) mass is 424 g/mol. The van der Waals surface area contributed by atoms with Crippen molar-refractivity contribution in [2.75, 3.05) is 19.8 Å². The SMILES string of the molecule is CCOc1ccc(CCNC(=O)c2ccn(-c3cccc([N+](=O)[O-])c3)n2)cc1OCC. The number of hydrogen-bond donors (Lipinski definition) is 1. The van der Waals surface area contributed by atoms with Crippen LogP contribution in [0.15, 0.2) is 54.7 Å². The van der Waals surface area contributed by atoms with E-state index in [0.29, 0.717) is 43.4 Å². The van der Waals surface area contributed by atoms with Gasteiger partial charge in [-0.1, -0.05) is 12.1 Å². The van der Waals surface area contributed by atoms with Crippen LogP contribution in [-0.4, -0.2) is 40.4 Å². The lowest BCUT2D eigenvalue weighted by atomic mass is 10.1. The van der Waals surface area contributed by atoms with Gasteiger partial charge in [-0.15, -0.1) is 0 Å². The van der Waals surface area contributed by atoms with Gasteiger partial charge in [-0.2, -0.15) is 5.10 Å². The number of carbonyl (C=O) groups excluding carboxylic acids is 1. The van der Waals surface area contributed by atoms with Gasteiger partial charge in [-0.3, -0.25) is 14.9 Å². The molecule has 3 rings (SSSR count). The second-order valence-electron chi connectivity index (χ2n) is 6.58. The molecule has 0 bridgehead atoms. The van der Waals surface area contributed by atoms with Crippen LogP contribution in [-0.2, 0) is 6.42 Å². The van der Waals surface area contributed by atoms with E-state index in [-0.39, 0.29) is 17.3 Å². The number of non-ortho nitro benzene ring substituents is 1. The molecule has 1 aromatic heterocycles. The normalized spacial score (nSPS) is 10.5. The number of nitro benzene ring substituents is 1. The number of nitro groups is 1. The molecule has 1 N–H and O–H groups in total. The molecule has 1 heterocycles. The maximum atomic E-state index is 12.4. The predicted octanol–water partition coefficient (Wildman–Crippen LogP) is 3.55. The number of aromatic nitrogens is 2. The number of carbonyl (C=O) groups is 1. The van der Waals surface area contributed by atoms with Crippen LogP contribution in [0.5, 0.6) is 11.5 Å². The first kappa shape index (κ1) is 21.8. The number of nitrogens with one attached hydrogen (secondary N) is 1. The number of nitrogens with zero attached hydrogens (tertiary/aromatic N) is 3.